The maximum absolute atomic E-state index is 4.38. The highest BCUT2D eigenvalue weighted by Crippen LogP contribution is 2.23. The summed E-state index contributed by atoms with van der Waals surface area (Å²) < 4.78 is 2.13. The van der Waals surface area contributed by atoms with Crippen LogP contribution in [0.15, 0.2) is 6.33 Å². The maximum atomic E-state index is 4.38. The van der Waals surface area contributed by atoms with Gasteiger partial charge in [-0.25, -0.2) is 4.98 Å². The van der Waals surface area contributed by atoms with Crippen molar-refractivity contribution < 1.29 is 0 Å². The fourth-order valence-electron chi connectivity index (χ4n) is 1.93. The van der Waals surface area contributed by atoms with Gasteiger partial charge in [0.05, 0.1) is 17.7 Å². The second kappa shape index (κ2) is 2.90. The van der Waals surface area contributed by atoms with E-state index in [1.807, 2.05) is 6.33 Å². The molecule has 0 spiro atoms. The van der Waals surface area contributed by atoms with Crippen LogP contribution in [-0.4, -0.2) is 16.1 Å². The van der Waals surface area contributed by atoms with Crippen molar-refractivity contribution in [1.82, 2.24) is 14.9 Å². The summed E-state index contributed by atoms with van der Waals surface area (Å²) in [7, 11) is 2.07. The zero-order valence-corrected chi connectivity index (χ0v) is 7.67. The van der Waals surface area contributed by atoms with Crippen molar-refractivity contribution in [2.24, 2.45) is 7.05 Å². The number of nitrogens with one attached hydrogen (secondary N) is 1. The molecule has 2 heterocycles. The lowest BCUT2D eigenvalue weighted by molar-refractivity contribution is 0.466. The highest BCUT2D eigenvalue weighted by molar-refractivity contribution is 5.20. The summed E-state index contributed by atoms with van der Waals surface area (Å²) >= 11 is 0. The average molecular weight is 165 g/mol. The van der Waals surface area contributed by atoms with Crippen molar-refractivity contribution in [2.75, 3.05) is 6.54 Å². The Kier molecular flexibility index (Phi) is 1.89. The van der Waals surface area contributed by atoms with Crippen LogP contribution in [0.25, 0.3) is 0 Å². The molecule has 1 N–H and O–H groups in total. The molecular formula is C9H15N3. The van der Waals surface area contributed by atoms with Gasteiger partial charge in [0.1, 0.15) is 0 Å². The molecule has 1 unspecified atom stereocenters. The molecule has 0 saturated carbocycles. The van der Waals surface area contributed by atoms with Gasteiger partial charge in [-0.05, 0) is 6.42 Å². The molecule has 12 heavy (non-hydrogen) atoms. The van der Waals surface area contributed by atoms with Gasteiger partial charge in [0, 0.05) is 26.1 Å². The van der Waals surface area contributed by atoms with E-state index in [4.69, 9.17) is 0 Å². The standard InChI is InChI=1S/C9H15N3/c1-3-7-9-8(4-5-10-7)11-6-12(9)2/h6-7,10H,3-5H2,1-2H3. The molecular weight excluding hydrogens is 150 g/mol. The van der Waals surface area contributed by atoms with Crippen LogP contribution in [0.3, 0.4) is 0 Å². The third-order valence-electron chi connectivity index (χ3n) is 2.55. The number of aryl methyl sites for hydroxylation is 1. The second-order valence-corrected chi connectivity index (χ2v) is 3.35. The minimum atomic E-state index is 0.515. The molecule has 0 saturated heterocycles. The fourth-order valence-corrected chi connectivity index (χ4v) is 1.93. The van der Waals surface area contributed by atoms with Crippen LogP contribution in [0, 0.1) is 0 Å². The molecule has 0 bridgehead atoms. The van der Waals surface area contributed by atoms with Crippen LogP contribution >= 0.6 is 0 Å². The molecule has 0 aromatic carbocycles. The summed E-state index contributed by atoms with van der Waals surface area (Å²) in [6, 6.07) is 0.515. The maximum Gasteiger partial charge on any atom is 0.0949 e. The number of hydrogen-bond donors (Lipinski definition) is 1. The van der Waals surface area contributed by atoms with E-state index < -0.39 is 0 Å². The van der Waals surface area contributed by atoms with Crippen LogP contribution in [0.2, 0.25) is 0 Å². The van der Waals surface area contributed by atoms with Crippen molar-refractivity contribution >= 4 is 0 Å². The van der Waals surface area contributed by atoms with E-state index in [-0.39, 0.29) is 0 Å². The Labute approximate surface area is 72.8 Å². The quantitative estimate of drug-likeness (QED) is 0.673. The Bertz CT molecular complexity index is 277. The minimum absolute atomic E-state index is 0.515. The largest absolute Gasteiger partial charge is 0.336 e. The lowest BCUT2D eigenvalue weighted by Gasteiger charge is -2.23. The molecule has 3 nitrogen and oxygen atoms in total. The van der Waals surface area contributed by atoms with Gasteiger partial charge in [-0.15, -0.1) is 0 Å². The lowest BCUT2D eigenvalue weighted by Crippen LogP contribution is -2.30. The fraction of sp³-hybridized carbons (Fsp3) is 0.667. The van der Waals surface area contributed by atoms with Crippen molar-refractivity contribution in [3.05, 3.63) is 17.7 Å². The van der Waals surface area contributed by atoms with Crippen molar-refractivity contribution in [2.45, 2.75) is 25.8 Å². The smallest absolute Gasteiger partial charge is 0.0949 e. The predicted molar refractivity (Wildman–Crippen MR) is 47.9 cm³/mol. The molecule has 0 fully saturated rings. The van der Waals surface area contributed by atoms with Gasteiger partial charge in [0.25, 0.3) is 0 Å². The Hall–Kier alpha value is -0.830. The molecule has 3 heteroatoms. The Balaban J connectivity index is 2.41. The number of aromatic nitrogens is 2. The summed E-state index contributed by atoms with van der Waals surface area (Å²) in [6.07, 6.45) is 4.14. The van der Waals surface area contributed by atoms with Crippen LogP contribution in [0.4, 0.5) is 0 Å². The summed E-state index contributed by atoms with van der Waals surface area (Å²) in [6.45, 7) is 3.28. The zero-order chi connectivity index (χ0) is 8.55. The third kappa shape index (κ3) is 1.05. The third-order valence-corrected chi connectivity index (χ3v) is 2.55. The average Bonchev–Trinajstić information content (AvgIpc) is 2.48. The topological polar surface area (TPSA) is 29.9 Å². The van der Waals surface area contributed by atoms with Crippen molar-refractivity contribution in [3.8, 4) is 0 Å². The van der Waals surface area contributed by atoms with Crippen LogP contribution in [0.1, 0.15) is 30.8 Å². The number of nitrogens with zero attached hydrogens (tertiary/aromatic N) is 2. The summed E-state index contributed by atoms with van der Waals surface area (Å²) in [5, 5.41) is 3.49. The van der Waals surface area contributed by atoms with Gasteiger partial charge in [0.15, 0.2) is 0 Å². The van der Waals surface area contributed by atoms with Gasteiger partial charge in [0.2, 0.25) is 0 Å². The first kappa shape index (κ1) is 7.80. The number of rotatable bonds is 1. The molecule has 1 aliphatic heterocycles. The van der Waals surface area contributed by atoms with Gasteiger partial charge < -0.3 is 9.88 Å². The van der Waals surface area contributed by atoms with E-state index in [1.165, 1.54) is 11.4 Å². The molecule has 0 aliphatic carbocycles. The second-order valence-electron chi connectivity index (χ2n) is 3.35. The van der Waals surface area contributed by atoms with E-state index in [0.717, 1.165) is 19.4 Å². The SMILES string of the molecule is CCC1NCCc2ncn(C)c21. The van der Waals surface area contributed by atoms with E-state index in [0.29, 0.717) is 6.04 Å². The molecule has 1 aromatic heterocycles. The summed E-state index contributed by atoms with van der Waals surface area (Å²) in [5.41, 5.74) is 2.66. The van der Waals surface area contributed by atoms with Crippen molar-refractivity contribution in [1.29, 1.82) is 0 Å². The van der Waals surface area contributed by atoms with E-state index >= 15 is 0 Å². The molecule has 66 valence electrons. The van der Waals surface area contributed by atoms with Gasteiger partial charge in [-0.2, -0.15) is 0 Å². The first-order chi connectivity index (χ1) is 5.83. The van der Waals surface area contributed by atoms with Crippen LogP contribution in [-0.2, 0) is 13.5 Å². The monoisotopic (exact) mass is 165 g/mol. The van der Waals surface area contributed by atoms with Gasteiger partial charge >= 0.3 is 0 Å². The van der Waals surface area contributed by atoms with E-state index in [1.54, 1.807) is 0 Å². The first-order valence-corrected chi connectivity index (χ1v) is 4.56. The molecule has 1 aliphatic rings. The zero-order valence-electron chi connectivity index (χ0n) is 7.67. The number of hydrogen-bond acceptors (Lipinski definition) is 2. The summed E-state index contributed by atoms with van der Waals surface area (Å²) in [4.78, 5) is 4.38. The lowest BCUT2D eigenvalue weighted by atomic mass is 10.0. The predicted octanol–water partition coefficient (Wildman–Crippen LogP) is 1.02. The Morgan fingerprint density at radius 2 is 2.58 bits per heavy atom. The molecule has 1 aromatic rings. The van der Waals surface area contributed by atoms with Crippen LogP contribution in [0.5, 0.6) is 0 Å². The highest BCUT2D eigenvalue weighted by atomic mass is 15.1. The van der Waals surface area contributed by atoms with Gasteiger partial charge in [-0.3, -0.25) is 0 Å². The molecule has 0 amide bonds. The van der Waals surface area contributed by atoms with E-state index in [9.17, 15) is 0 Å². The first-order valence-electron chi connectivity index (χ1n) is 4.56. The number of fused-ring (bicyclic) bond motifs is 1. The molecule has 0 radical (unpaired) electrons. The minimum Gasteiger partial charge on any atom is -0.336 e. The highest BCUT2D eigenvalue weighted by Gasteiger charge is 2.21. The molecule has 2 rings (SSSR count). The number of imidazole rings is 1. The van der Waals surface area contributed by atoms with Crippen LogP contribution < -0.4 is 5.32 Å². The molecule has 1 atom stereocenters. The Morgan fingerprint density at radius 1 is 1.75 bits per heavy atom. The normalized spacial score (nSPS) is 22.3. The Morgan fingerprint density at radius 3 is 3.33 bits per heavy atom. The summed E-state index contributed by atoms with van der Waals surface area (Å²) in [5.74, 6) is 0. The van der Waals surface area contributed by atoms with E-state index in [2.05, 4.69) is 28.8 Å². The van der Waals surface area contributed by atoms with Crippen molar-refractivity contribution in [3.63, 3.8) is 0 Å². The van der Waals surface area contributed by atoms with Gasteiger partial charge in [-0.1, -0.05) is 6.92 Å².